The molecule has 25 heavy (non-hydrogen) atoms. The lowest BCUT2D eigenvalue weighted by atomic mass is 10.2. The topological polar surface area (TPSA) is 98.1 Å². The van der Waals surface area contributed by atoms with Crippen molar-refractivity contribution in [3.8, 4) is 17.4 Å². The molecule has 0 aliphatic carbocycles. The smallest absolute Gasteiger partial charge is 0.339 e. The predicted molar refractivity (Wildman–Crippen MR) is 87.8 cm³/mol. The average Bonchev–Trinajstić information content (AvgIpc) is 3.12. The number of esters is 1. The van der Waals surface area contributed by atoms with E-state index in [0.717, 1.165) is 5.56 Å². The van der Waals surface area contributed by atoms with Gasteiger partial charge in [0.25, 0.3) is 5.56 Å². The number of oxazole rings is 1. The van der Waals surface area contributed by atoms with Gasteiger partial charge in [0.15, 0.2) is 5.76 Å². The van der Waals surface area contributed by atoms with E-state index in [1.165, 1.54) is 23.9 Å². The van der Waals surface area contributed by atoms with Crippen LogP contribution in [0.1, 0.15) is 21.8 Å². The van der Waals surface area contributed by atoms with Crippen LogP contribution in [0.2, 0.25) is 0 Å². The standard InChI is InChI=1S/C18H13N3O4/c1-24-18(23)14-7-13(8-19)17(22)21(10-14)11-16-20-9-15(25-16)12-5-3-2-4-6-12/h2-7,9-10H,11H2,1H3. The zero-order chi connectivity index (χ0) is 17.8. The number of methoxy groups -OCH3 is 1. The van der Waals surface area contributed by atoms with Crippen molar-refractivity contribution in [2.24, 2.45) is 0 Å². The molecule has 0 N–H and O–H groups in total. The number of nitrogens with zero attached hydrogens (tertiary/aromatic N) is 3. The van der Waals surface area contributed by atoms with Gasteiger partial charge in [0, 0.05) is 11.8 Å². The van der Waals surface area contributed by atoms with Gasteiger partial charge in [0.05, 0.1) is 18.9 Å². The summed E-state index contributed by atoms with van der Waals surface area (Å²) in [5.74, 6) is 0.211. The van der Waals surface area contributed by atoms with Crippen molar-refractivity contribution in [3.05, 3.63) is 76.2 Å². The molecular formula is C18H13N3O4. The molecule has 0 unspecified atom stereocenters. The van der Waals surface area contributed by atoms with Gasteiger partial charge in [-0.2, -0.15) is 5.26 Å². The van der Waals surface area contributed by atoms with E-state index in [-0.39, 0.29) is 23.6 Å². The molecule has 0 amide bonds. The molecule has 3 rings (SSSR count). The first kappa shape index (κ1) is 16.2. The summed E-state index contributed by atoms with van der Waals surface area (Å²) >= 11 is 0. The molecule has 0 radical (unpaired) electrons. The van der Waals surface area contributed by atoms with Crippen molar-refractivity contribution in [1.82, 2.24) is 9.55 Å². The Morgan fingerprint density at radius 1 is 1.36 bits per heavy atom. The highest BCUT2D eigenvalue weighted by atomic mass is 16.5. The third kappa shape index (κ3) is 3.33. The molecule has 124 valence electrons. The third-order valence-electron chi connectivity index (χ3n) is 3.55. The van der Waals surface area contributed by atoms with Crippen LogP contribution < -0.4 is 5.56 Å². The maximum Gasteiger partial charge on any atom is 0.339 e. The van der Waals surface area contributed by atoms with Crippen LogP contribution in [0.25, 0.3) is 11.3 Å². The number of carbonyl (C=O) groups is 1. The molecular weight excluding hydrogens is 322 g/mol. The summed E-state index contributed by atoms with van der Waals surface area (Å²) in [6, 6.07) is 12.4. The van der Waals surface area contributed by atoms with Crippen molar-refractivity contribution in [2.75, 3.05) is 7.11 Å². The Bertz CT molecular complexity index is 1010. The number of pyridine rings is 1. The molecule has 0 saturated carbocycles. The van der Waals surface area contributed by atoms with Crippen molar-refractivity contribution in [1.29, 1.82) is 5.26 Å². The van der Waals surface area contributed by atoms with Crippen molar-refractivity contribution in [2.45, 2.75) is 6.54 Å². The normalized spacial score (nSPS) is 10.2. The summed E-state index contributed by atoms with van der Waals surface area (Å²) in [5.41, 5.74) is 0.274. The van der Waals surface area contributed by atoms with E-state index in [9.17, 15) is 9.59 Å². The Labute approximate surface area is 142 Å². The highest BCUT2D eigenvalue weighted by molar-refractivity contribution is 5.89. The van der Waals surface area contributed by atoms with Gasteiger partial charge in [-0.1, -0.05) is 30.3 Å². The number of rotatable bonds is 4. The number of benzene rings is 1. The van der Waals surface area contributed by atoms with E-state index in [4.69, 9.17) is 9.68 Å². The number of carbonyl (C=O) groups excluding carboxylic acids is 1. The quantitative estimate of drug-likeness (QED) is 0.678. The Kier molecular flexibility index (Phi) is 4.44. The number of hydrogen-bond acceptors (Lipinski definition) is 6. The summed E-state index contributed by atoms with van der Waals surface area (Å²) in [4.78, 5) is 28.1. The first-order valence-corrected chi connectivity index (χ1v) is 7.35. The number of aromatic nitrogens is 2. The van der Waals surface area contributed by atoms with E-state index >= 15 is 0 Å². The fourth-order valence-corrected chi connectivity index (χ4v) is 2.33. The number of nitriles is 1. The second kappa shape index (κ2) is 6.84. The van der Waals surface area contributed by atoms with E-state index in [1.807, 2.05) is 30.3 Å². The Hall–Kier alpha value is -3.66. The zero-order valence-corrected chi connectivity index (χ0v) is 13.3. The average molecular weight is 335 g/mol. The number of ether oxygens (including phenoxy) is 1. The zero-order valence-electron chi connectivity index (χ0n) is 13.3. The lowest BCUT2D eigenvalue weighted by Gasteiger charge is -2.06. The molecule has 0 saturated heterocycles. The molecule has 0 bridgehead atoms. The SMILES string of the molecule is COC(=O)c1cc(C#N)c(=O)n(Cc2ncc(-c3ccccc3)o2)c1. The van der Waals surface area contributed by atoms with Gasteiger partial charge in [0.1, 0.15) is 18.2 Å². The molecule has 0 atom stereocenters. The lowest BCUT2D eigenvalue weighted by molar-refractivity contribution is 0.0599. The van der Waals surface area contributed by atoms with Gasteiger partial charge in [-0.05, 0) is 6.07 Å². The van der Waals surface area contributed by atoms with Crippen LogP contribution in [0, 0.1) is 11.3 Å². The molecule has 7 heteroatoms. The molecule has 7 nitrogen and oxygen atoms in total. The third-order valence-corrected chi connectivity index (χ3v) is 3.55. The Morgan fingerprint density at radius 2 is 2.12 bits per heavy atom. The fraction of sp³-hybridized carbons (Fsp3) is 0.111. The second-order valence-corrected chi connectivity index (χ2v) is 5.16. The molecule has 3 aromatic rings. The maximum atomic E-state index is 12.3. The van der Waals surface area contributed by atoms with Crippen molar-refractivity contribution >= 4 is 5.97 Å². The van der Waals surface area contributed by atoms with Crippen LogP contribution in [-0.4, -0.2) is 22.6 Å². The van der Waals surface area contributed by atoms with Gasteiger partial charge in [-0.3, -0.25) is 4.79 Å². The molecule has 2 heterocycles. The second-order valence-electron chi connectivity index (χ2n) is 5.16. The monoisotopic (exact) mass is 335 g/mol. The van der Waals surface area contributed by atoms with E-state index in [0.29, 0.717) is 5.76 Å². The fourth-order valence-electron chi connectivity index (χ4n) is 2.33. The highest BCUT2D eigenvalue weighted by Gasteiger charge is 2.14. The van der Waals surface area contributed by atoms with Gasteiger partial charge >= 0.3 is 5.97 Å². The largest absolute Gasteiger partial charge is 0.465 e. The van der Waals surface area contributed by atoms with E-state index in [1.54, 1.807) is 12.3 Å². The lowest BCUT2D eigenvalue weighted by Crippen LogP contribution is -2.24. The summed E-state index contributed by atoms with van der Waals surface area (Å²) in [6.45, 7) is -0.00875. The van der Waals surface area contributed by atoms with Crippen molar-refractivity contribution in [3.63, 3.8) is 0 Å². The molecule has 0 aliphatic heterocycles. The maximum absolute atomic E-state index is 12.3. The van der Waals surface area contributed by atoms with Crippen molar-refractivity contribution < 1.29 is 13.9 Å². The van der Waals surface area contributed by atoms with Gasteiger partial charge in [-0.15, -0.1) is 0 Å². The summed E-state index contributed by atoms with van der Waals surface area (Å²) in [7, 11) is 1.23. The first-order valence-electron chi connectivity index (χ1n) is 7.35. The minimum Gasteiger partial charge on any atom is -0.465 e. The summed E-state index contributed by atoms with van der Waals surface area (Å²) in [6.07, 6.45) is 2.88. The molecule has 1 aromatic carbocycles. The van der Waals surface area contributed by atoms with Gasteiger partial charge in [-0.25, -0.2) is 9.78 Å². The molecule has 2 aromatic heterocycles. The first-order chi connectivity index (χ1) is 12.1. The minimum atomic E-state index is -0.636. The van der Waals surface area contributed by atoms with Gasteiger partial charge < -0.3 is 13.7 Å². The van der Waals surface area contributed by atoms with E-state index < -0.39 is 11.5 Å². The Balaban J connectivity index is 1.96. The van der Waals surface area contributed by atoms with E-state index in [2.05, 4.69) is 9.72 Å². The van der Waals surface area contributed by atoms with Crippen LogP contribution in [0.4, 0.5) is 0 Å². The molecule has 0 aliphatic rings. The predicted octanol–water partition coefficient (Wildman–Crippen LogP) is 2.21. The Morgan fingerprint density at radius 3 is 2.80 bits per heavy atom. The van der Waals surface area contributed by atoms with Crippen LogP contribution in [0.15, 0.2) is 58.0 Å². The van der Waals surface area contributed by atoms with Gasteiger partial charge in [0.2, 0.25) is 5.89 Å². The van der Waals surface area contributed by atoms with Crippen LogP contribution in [-0.2, 0) is 11.3 Å². The van der Waals surface area contributed by atoms with Crippen LogP contribution in [0.5, 0.6) is 0 Å². The summed E-state index contributed by atoms with van der Waals surface area (Å²) in [5, 5.41) is 9.09. The molecule has 0 spiro atoms. The molecule has 0 fully saturated rings. The highest BCUT2D eigenvalue weighted by Crippen LogP contribution is 2.20. The number of hydrogen-bond donors (Lipinski definition) is 0. The minimum absolute atomic E-state index is 0.00875. The van der Waals surface area contributed by atoms with Crippen LogP contribution >= 0.6 is 0 Å². The summed E-state index contributed by atoms with van der Waals surface area (Å²) < 4.78 is 11.5. The van der Waals surface area contributed by atoms with Crippen LogP contribution in [0.3, 0.4) is 0 Å².